The zero-order chi connectivity index (χ0) is 21.3. The van der Waals surface area contributed by atoms with E-state index in [1.807, 2.05) is 17.5 Å². The summed E-state index contributed by atoms with van der Waals surface area (Å²) in [4.78, 5) is 40.3. The molecule has 30 heavy (non-hydrogen) atoms. The second kappa shape index (κ2) is 7.98. The number of hydrogen-bond acceptors (Lipinski definition) is 6. The molecule has 2 aliphatic rings. The highest BCUT2D eigenvalue weighted by molar-refractivity contribution is 7.10. The number of rotatable bonds is 6. The Labute approximate surface area is 178 Å². The van der Waals surface area contributed by atoms with Crippen LogP contribution in [0.25, 0.3) is 0 Å². The smallest absolute Gasteiger partial charge is 0.325 e. The molecule has 2 heterocycles. The van der Waals surface area contributed by atoms with Gasteiger partial charge in [0.25, 0.3) is 5.91 Å². The Hall–Kier alpha value is -3.07. The number of urea groups is 1. The van der Waals surface area contributed by atoms with Crippen LogP contribution in [0.5, 0.6) is 11.5 Å². The molecular formula is C21H23N3O5S. The molecule has 1 atom stereocenters. The molecular weight excluding hydrogens is 406 g/mol. The van der Waals surface area contributed by atoms with E-state index < -0.39 is 17.5 Å². The first-order valence-electron chi connectivity index (χ1n) is 9.67. The minimum atomic E-state index is -1.03. The zero-order valence-electron chi connectivity index (χ0n) is 16.8. The number of hydrogen-bond donors (Lipinski definition) is 2. The lowest BCUT2D eigenvalue weighted by atomic mass is 9.80. The van der Waals surface area contributed by atoms with Crippen LogP contribution in [0.1, 0.15) is 28.8 Å². The predicted molar refractivity (Wildman–Crippen MR) is 111 cm³/mol. The maximum atomic E-state index is 13.2. The van der Waals surface area contributed by atoms with E-state index in [2.05, 4.69) is 10.6 Å². The van der Waals surface area contributed by atoms with E-state index in [0.717, 1.165) is 33.7 Å². The lowest BCUT2D eigenvalue weighted by Gasteiger charge is -2.31. The van der Waals surface area contributed by atoms with Crippen LogP contribution in [0, 0.1) is 0 Å². The van der Waals surface area contributed by atoms with Gasteiger partial charge in [-0.1, -0.05) is 6.07 Å². The van der Waals surface area contributed by atoms with Crippen molar-refractivity contribution < 1.29 is 23.9 Å². The summed E-state index contributed by atoms with van der Waals surface area (Å²) in [6.45, 7) is -0.0815. The summed E-state index contributed by atoms with van der Waals surface area (Å²) < 4.78 is 10.5. The molecule has 1 saturated heterocycles. The van der Waals surface area contributed by atoms with E-state index in [4.69, 9.17) is 9.47 Å². The molecule has 4 amide bonds. The van der Waals surface area contributed by atoms with Crippen LogP contribution in [0.4, 0.5) is 4.79 Å². The van der Waals surface area contributed by atoms with Gasteiger partial charge in [0.2, 0.25) is 5.91 Å². The Kier molecular flexibility index (Phi) is 5.38. The van der Waals surface area contributed by atoms with Crippen molar-refractivity contribution in [3.05, 3.63) is 45.6 Å². The first-order valence-corrected chi connectivity index (χ1v) is 10.5. The molecule has 0 radical (unpaired) electrons. The van der Waals surface area contributed by atoms with E-state index in [-0.39, 0.29) is 19.0 Å². The van der Waals surface area contributed by atoms with E-state index in [1.54, 1.807) is 30.6 Å². The van der Waals surface area contributed by atoms with Crippen LogP contribution < -0.4 is 20.1 Å². The molecule has 1 spiro atoms. The molecule has 2 aromatic rings. The largest absolute Gasteiger partial charge is 0.493 e. The highest BCUT2D eigenvalue weighted by Crippen LogP contribution is 2.42. The summed E-state index contributed by atoms with van der Waals surface area (Å²) in [5.41, 5.74) is 0.643. The highest BCUT2D eigenvalue weighted by atomic mass is 32.1. The molecule has 1 aliphatic heterocycles. The number of amides is 4. The number of imide groups is 1. The van der Waals surface area contributed by atoms with E-state index in [0.29, 0.717) is 17.9 Å². The van der Waals surface area contributed by atoms with Gasteiger partial charge in [0, 0.05) is 17.0 Å². The molecule has 0 saturated carbocycles. The van der Waals surface area contributed by atoms with Crippen molar-refractivity contribution in [3.8, 4) is 11.5 Å². The first kappa shape index (κ1) is 20.2. The van der Waals surface area contributed by atoms with Gasteiger partial charge in [0.15, 0.2) is 11.5 Å². The van der Waals surface area contributed by atoms with Crippen molar-refractivity contribution in [2.75, 3.05) is 20.8 Å². The van der Waals surface area contributed by atoms with Gasteiger partial charge in [-0.05, 0) is 48.4 Å². The topological polar surface area (TPSA) is 97.0 Å². The normalized spacial score (nSPS) is 20.1. The zero-order valence-corrected chi connectivity index (χ0v) is 17.6. The molecule has 2 N–H and O–H groups in total. The molecule has 4 rings (SSSR count). The number of fused-ring (bicyclic) bond motifs is 2. The van der Waals surface area contributed by atoms with Gasteiger partial charge in [-0.2, -0.15) is 0 Å². The van der Waals surface area contributed by atoms with Crippen molar-refractivity contribution in [1.82, 2.24) is 15.5 Å². The number of aryl methyl sites for hydroxylation is 1. The molecule has 1 aromatic heterocycles. The Morgan fingerprint density at radius 3 is 2.80 bits per heavy atom. The Bertz CT molecular complexity index is 1000. The first-order chi connectivity index (χ1) is 14.5. The van der Waals surface area contributed by atoms with Crippen LogP contribution in [0.2, 0.25) is 0 Å². The van der Waals surface area contributed by atoms with Gasteiger partial charge in [-0.3, -0.25) is 14.5 Å². The van der Waals surface area contributed by atoms with Crippen molar-refractivity contribution in [1.29, 1.82) is 0 Å². The summed E-state index contributed by atoms with van der Waals surface area (Å²) in [5.74, 6) is 0.390. The Morgan fingerprint density at radius 1 is 1.23 bits per heavy atom. The van der Waals surface area contributed by atoms with Crippen LogP contribution in [-0.4, -0.2) is 43.5 Å². The number of carbonyl (C=O) groups is 3. The van der Waals surface area contributed by atoms with Crippen LogP contribution in [0.15, 0.2) is 29.6 Å². The fourth-order valence-corrected chi connectivity index (χ4v) is 5.08. The Morgan fingerprint density at radius 2 is 2.03 bits per heavy atom. The third-order valence-electron chi connectivity index (χ3n) is 5.58. The summed E-state index contributed by atoms with van der Waals surface area (Å²) in [7, 11) is 3.09. The number of nitrogens with one attached hydrogen (secondary N) is 2. The van der Waals surface area contributed by atoms with E-state index in [1.165, 1.54) is 7.11 Å². The standard InChI is InChI=1S/C21H23N3O5S/c1-28-15-6-5-13(10-16(15)29-2)11-22-18(25)12-24-19(26)21(23-20(24)27)8-3-4-17-14(21)7-9-30-17/h5-7,9-10H,3-4,8,11-12H2,1-2H3,(H,22,25)(H,23,27)/t21-/m1/s1. The van der Waals surface area contributed by atoms with Crippen molar-refractivity contribution in [3.63, 3.8) is 0 Å². The lowest BCUT2D eigenvalue weighted by Crippen LogP contribution is -2.46. The molecule has 1 aliphatic carbocycles. The third-order valence-corrected chi connectivity index (χ3v) is 6.56. The lowest BCUT2D eigenvalue weighted by molar-refractivity contribution is -0.135. The minimum Gasteiger partial charge on any atom is -0.493 e. The second-order valence-electron chi connectivity index (χ2n) is 7.30. The van der Waals surface area contributed by atoms with E-state index in [9.17, 15) is 14.4 Å². The Balaban J connectivity index is 1.42. The number of carbonyl (C=O) groups excluding carboxylic acids is 3. The van der Waals surface area contributed by atoms with Crippen molar-refractivity contribution in [2.24, 2.45) is 0 Å². The summed E-state index contributed by atoms with van der Waals surface area (Å²) in [6, 6.07) is 6.70. The number of ether oxygens (including phenoxy) is 2. The maximum absolute atomic E-state index is 13.2. The number of benzene rings is 1. The predicted octanol–water partition coefficient (Wildman–Crippen LogP) is 2.17. The fourth-order valence-electron chi connectivity index (χ4n) is 4.08. The fraction of sp³-hybridized carbons (Fsp3) is 0.381. The average molecular weight is 429 g/mol. The number of methoxy groups -OCH3 is 2. The average Bonchev–Trinajstić information content (AvgIpc) is 3.32. The van der Waals surface area contributed by atoms with Gasteiger partial charge in [0.05, 0.1) is 14.2 Å². The molecule has 0 unspecified atom stereocenters. The molecule has 9 heteroatoms. The van der Waals surface area contributed by atoms with Gasteiger partial charge < -0.3 is 20.1 Å². The van der Waals surface area contributed by atoms with Gasteiger partial charge in [-0.25, -0.2) is 4.79 Å². The second-order valence-corrected chi connectivity index (χ2v) is 8.30. The maximum Gasteiger partial charge on any atom is 0.325 e. The van der Waals surface area contributed by atoms with E-state index >= 15 is 0 Å². The monoisotopic (exact) mass is 429 g/mol. The van der Waals surface area contributed by atoms with Gasteiger partial charge >= 0.3 is 6.03 Å². The highest BCUT2D eigenvalue weighted by Gasteiger charge is 2.54. The molecule has 0 bridgehead atoms. The SMILES string of the molecule is COc1ccc(CNC(=O)CN2C(=O)N[C@@]3(CCCc4sccc43)C2=O)cc1OC. The van der Waals surface area contributed by atoms with Gasteiger partial charge in [-0.15, -0.1) is 11.3 Å². The van der Waals surface area contributed by atoms with Crippen molar-refractivity contribution in [2.45, 2.75) is 31.3 Å². The summed E-state index contributed by atoms with van der Waals surface area (Å²) in [6.07, 6.45) is 2.27. The van der Waals surface area contributed by atoms with Crippen molar-refractivity contribution >= 4 is 29.2 Å². The van der Waals surface area contributed by atoms with Crippen LogP contribution in [0.3, 0.4) is 0 Å². The molecule has 1 aromatic carbocycles. The van der Waals surface area contributed by atoms with Crippen LogP contribution >= 0.6 is 11.3 Å². The molecule has 1 fully saturated rings. The number of nitrogens with zero attached hydrogens (tertiary/aromatic N) is 1. The van der Waals surface area contributed by atoms with Gasteiger partial charge in [0.1, 0.15) is 12.1 Å². The molecule has 8 nitrogen and oxygen atoms in total. The van der Waals surface area contributed by atoms with Crippen LogP contribution in [-0.2, 0) is 28.1 Å². The molecule has 158 valence electrons. The minimum absolute atomic E-state index is 0.239. The number of thiophene rings is 1. The summed E-state index contributed by atoms with van der Waals surface area (Å²) >= 11 is 1.60. The quantitative estimate of drug-likeness (QED) is 0.686. The third kappa shape index (κ3) is 3.39. The summed E-state index contributed by atoms with van der Waals surface area (Å²) in [5, 5.41) is 7.55.